The first-order chi connectivity index (χ1) is 7.31. The lowest BCUT2D eigenvalue weighted by atomic mass is 10.0. The summed E-state index contributed by atoms with van der Waals surface area (Å²) in [5, 5.41) is 0. The Morgan fingerprint density at radius 1 is 1.33 bits per heavy atom. The van der Waals surface area contributed by atoms with Crippen LogP contribution in [0.4, 0.5) is 0 Å². The molecule has 15 heavy (non-hydrogen) atoms. The smallest absolute Gasteiger partial charge is 0.0218 e. The highest BCUT2D eigenvalue weighted by atomic mass is 15.2. The van der Waals surface area contributed by atoms with Crippen LogP contribution in [0.1, 0.15) is 52.4 Å². The maximum atomic E-state index is 5.87. The van der Waals surface area contributed by atoms with Gasteiger partial charge >= 0.3 is 0 Å². The molecular weight excluding hydrogens is 184 g/mol. The molecule has 2 atom stereocenters. The van der Waals surface area contributed by atoms with Gasteiger partial charge in [-0.15, -0.1) is 0 Å². The molecule has 0 bridgehead atoms. The molecule has 2 nitrogen and oxygen atoms in total. The molecule has 1 fully saturated rings. The first-order valence-corrected chi connectivity index (χ1v) is 6.75. The lowest BCUT2D eigenvalue weighted by molar-refractivity contribution is 0.222. The van der Waals surface area contributed by atoms with Crippen molar-refractivity contribution in [2.24, 2.45) is 11.7 Å². The van der Waals surface area contributed by atoms with Crippen molar-refractivity contribution in [1.82, 2.24) is 4.90 Å². The number of likely N-dealkylation sites (tertiary alicyclic amines) is 1. The number of hydrogen-bond acceptors (Lipinski definition) is 2. The monoisotopic (exact) mass is 212 g/mol. The number of nitrogens with zero attached hydrogens (tertiary/aromatic N) is 1. The molecule has 1 saturated heterocycles. The Labute approximate surface area is 95.2 Å². The van der Waals surface area contributed by atoms with Gasteiger partial charge in [0.25, 0.3) is 0 Å². The molecule has 0 aromatic rings. The van der Waals surface area contributed by atoms with Gasteiger partial charge in [0.15, 0.2) is 0 Å². The standard InChI is InChI=1S/C13H28N2/c1-3-5-7-13(10-14)15-9-8-12(11-15)6-4-2/h12-13H,3-11,14H2,1-2H3. The van der Waals surface area contributed by atoms with Crippen LogP contribution < -0.4 is 5.73 Å². The predicted octanol–water partition coefficient (Wildman–Crippen LogP) is 2.63. The molecule has 0 aromatic heterocycles. The van der Waals surface area contributed by atoms with Gasteiger partial charge in [-0.25, -0.2) is 0 Å². The second kappa shape index (κ2) is 7.24. The molecule has 0 aromatic carbocycles. The van der Waals surface area contributed by atoms with Crippen LogP contribution in [0.15, 0.2) is 0 Å². The second-order valence-corrected chi connectivity index (χ2v) is 4.97. The summed E-state index contributed by atoms with van der Waals surface area (Å²) in [7, 11) is 0. The van der Waals surface area contributed by atoms with Gasteiger partial charge < -0.3 is 5.73 Å². The van der Waals surface area contributed by atoms with Gasteiger partial charge in [0.05, 0.1) is 0 Å². The van der Waals surface area contributed by atoms with Gasteiger partial charge in [-0.1, -0.05) is 33.1 Å². The Balaban J connectivity index is 2.29. The second-order valence-electron chi connectivity index (χ2n) is 4.97. The van der Waals surface area contributed by atoms with E-state index in [2.05, 4.69) is 18.7 Å². The highest BCUT2D eigenvalue weighted by Crippen LogP contribution is 2.23. The molecule has 2 heteroatoms. The molecular formula is C13H28N2. The van der Waals surface area contributed by atoms with Crippen molar-refractivity contribution < 1.29 is 0 Å². The fraction of sp³-hybridized carbons (Fsp3) is 1.00. The summed E-state index contributed by atoms with van der Waals surface area (Å²) in [6.45, 7) is 7.99. The molecule has 0 spiro atoms. The average Bonchev–Trinajstić information content (AvgIpc) is 2.68. The first kappa shape index (κ1) is 13.0. The van der Waals surface area contributed by atoms with E-state index in [9.17, 15) is 0 Å². The SMILES string of the molecule is CCCCC(CN)N1CCC(CCC)C1. The number of rotatable bonds is 7. The Morgan fingerprint density at radius 2 is 2.13 bits per heavy atom. The highest BCUT2D eigenvalue weighted by Gasteiger charge is 2.26. The van der Waals surface area contributed by atoms with E-state index >= 15 is 0 Å². The van der Waals surface area contributed by atoms with E-state index in [0.29, 0.717) is 6.04 Å². The van der Waals surface area contributed by atoms with Gasteiger partial charge in [0, 0.05) is 19.1 Å². The molecule has 2 unspecified atom stereocenters. The van der Waals surface area contributed by atoms with Crippen LogP contribution >= 0.6 is 0 Å². The number of unbranched alkanes of at least 4 members (excludes halogenated alkanes) is 1. The molecule has 0 aliphatic carbocycles. The summed E-state index contributed by atoms with van der Waals surface area (Å²) in [5.74, 6) is 0.950. The zero-order chi connectivity index (χ0) is 11.1. The van der Waals surface area contributed by atoms with Crippen molar-refractivity contribution in [1.29, 1.82) is 0 Å². The van der Waals surface area contributed by atoms with Crippen molar-refractivity contribution in [3.8, 4) is 0 Å². The highest BCUT2D eigenvalue weighted by molar-refractivity contribution is 4.81. The third-order valence-electron chi connectivity index (χ3n) is 3.69. The van der Waals surface area contributed by atoms with Crippen molar-refractivity contribution >= 4 is 0 Å². The summed E-state index contributed by atoms with van der Waals surface area (Å²) in [5.41, 5.74) is 5.87. The molecule has 0 amide bonds. The summed E-state index contributed by atoms with van der Waals surface area (Å²) >= 11 is 0. The molecule has 1 heterocycles. The average molecular weight is 212 g/mol. The van der Waals surface area contributed by atoms with Gasteiger partial charge in [-0.2, -0.15) is 0 Å². The van der Waals surface area contributed by atoms with Crippen LogP contribution in [0, 0.1) is 5.92 Å². The Bertz CT molecular complexity index is 159. The Hall–Kier alpha value is -0.0800. The molecule has 1 aliphatic heterocycles. The van der Waals surface area contributed by atoms with E-state index in [1.54, 1.807) is 0 Å². The van der Waals surface area contributed by atoms with Crippen LogP contribution in [0.3, 0.4) is 0 Å². The lowest BCUT2D eigenvalue weighted by Crippen LogP contribution is -2.39. The van der Waals surface area contributed by atoms with E-state index in [0.717, 1.165) is 12.5 Å². The largest absolute Gasteiger partial charge is 0.329 e. The maximum Gasteiger partial charge on any atom is 0.0218 e. The minimum atomic E-state index is 0.659. The molecule has 1 rings (SSSR count). The van der Waals surface area contributed by atoms with E-state index < -0.39 is 0 Å². The normalized spacial score (nSPS) is 24.6. The zero-order valence-electron chi connectivity index (χ0n) is 10.5. The molecule has 0 radical (unpaired) electrons. The third-order valence-corrected chi connectivity index (χ3v) is 3.69. The molecule has 90 valence electrons. The van der Waals surface area contributed by atoms with Crippen molar-refractivity contribution in [3.05, 3.63) is 0 Å². The third kappa shape index (κ3) is 4.12. The lowest BCUT2D eigenvalue weighted by Gasteiger charge is -2.26. The molecule has 1 aliphatic rings. The summed E-state index contributed by atoms with van der Waals surface area (Å²) < 4.78 is 0. The van der Waals surface area contributed by atoms with Crippen molar-refractivity contribution in [2.75, 3.05) is 19.6 Å². The Kier molecular flexibility index (Phi) is 6.26. The van der Waals surface area contributed by atoms with Crippen molar-refractivity contribution in [3.63, 3.8) is 0 Å². The fourth-order valence-electron chi connectivity index (χ4n) is 2.73. The first-order valence-electron chi connectivity index (χ1n) is 6.75. The van der Waals surface area contributed by atoms with Gasteiger partial charge in [0.2, 0.25) is 0 Å². The van der Waals surface area contributed by atoms with Crippen LogP contribution in [0.2, 0.25) is 0 Å². The summed E-state index contributed by atoms with van der Waals surface area (Å²) in [6, 6.07) is 0.659. The van der Waals surface area contributed by atoms with Crippen LogP contribution in [-0.2, 0) is 0 Å². The quantitative estimate of drug-likeness (QED) is 0.703. The number of nitrogens with two attached hydrogens (primary N) is 1. The predicted molar refractivity (Wildman–Crippen MR) is 67.0 cm³/mol. The van der Waals surface area contributed by atoms with E-state index in [4.69, 9.17) is 5.73 Å². The summed E-state index contributed by atoms with van der Waals surface area (Å²) in [4.78, 5) is 2.63. The minimum absolute atomic E-state index is 0.659. The zero-order valence-corrected chi connectivity index (χ0v) is 10.5. The van der Waals surface area contributed by atoms with Crippen molar-refractivity contribution in [2.45, 2.75) is 58.4 Å². The van der Waals surface area contributed by atoms with Gasteiger partial charge in [-0.05, 0) is 31.7 Å². The molecule has 2 N–H and O–H groups in total. The van der Waals surface area contributed by atoms with E-state index in [-0.39, 0.29) is 0 Å². The minimum Gasteiger partial charge on any atom is -0.329 e. The molecule has 0 saturated carbocycles. The Morgan fingerprint density at radius 3 is 2.73 bits per heavy atom. The summed E-state index contributed by atoms with van der Waals surface area (Å²) in [6.07, 6.45) is 8.06. The van der Waals surface area contributed by atoms with Crippen LogP contribution in [-0.4, -0.2) is 30.6 Å². The van der Waals surface area contributed by atoms with Crippen LogP contribution in [0.25, 0.3) is 0 Å². The van der Waals surface area contributed by atoms with Gasteiger partial charge in [-0.3, -0.25) is 4.90 Å². The van der Waals surface area contributed by atoms with Crippen LogP contribution in [0.5, 0.6) is 0 Å². The van der Waals surface area contributed by atoms with E-state index in [1.165, 1.54) is 51.6 Å². The topological polar surface area (TPSA) is 29.3 Å². The number of hydrogen-bond donors (Lipinski definition) is 1. The van der Waals surface area contributed by atoms with Gasteiger partial charge in [0.1, 0.15) is 0 Å². The van der Waals surface area contributed by atoms with E-state index in [1.807, 2.05) is 0 Å². The fourth-order valence-corrected chi connectivity index (χ4v) is 2.73. The maximum absolute atomic E-state index is 5.87.